The highest BCUT2D eigenvalue weighted by molar-refractivity contribution is 6.51. The van der Waals surface area contributed by atoms with Crippen LogP contribution in [-0.4, -0.2) is 31.0 Å². The Bertz CT molecular complexity index is 1230. The van der Waals surface area contributed by atoms with Crippen molar-refractivity contribution in [2.45, 2.75) is 13.0 Å². The summed E-state index contributed by atoms with van der Waals surface area (Å²) in [5.74, 6) is -0.576. The van der Waals surface area contributed by atoms with Crippen molar-refractivity contribution in [3.8, 4) is 11.5 Å². The van der Waals surface area contributed by atoms with Crippen molar-refractivity contribution in [2.24, 2.45) is 0 Å². The number of hydrogen-bond donors (Lipinski definition) is 1. The van der Waals surface area contributed by atoms with Crippen molar-refractivity contribution in [1.29, 1.82) is 0 Å². The molecule has 0 saturated carbocycles. The zero-order valence-corrected chi connectivity index (χ0v) is 18.3. The van der Waals surface area contributed by atoms with Crippen LogP contribution < -0.4 is 14.4 Å². The van der Waals surface area contributed by atoms with Crippen LogP contribution in [0.1, 0.15) is 22.9 Å². The minimum Gasteiger partial charge on any atom is -0.507 e. The maximum absolute atomic E-state index is 13.1. The number of ether oxygens (including phenoxy) is 2. The maximum Gasteiger partial charge on any atom is 0.300 e. The minimum atomic E-state index is -0.976. The first-order chi connectivity index (χ1) is 15.4. The number of benzene rings is 2. The molecule has 0 bridgehead atoms. The summed E-state index contributed by atoms with van der Waals surface area (Å²) in [6.45, 7) is 1.78. The molecule has 1 saturated heterocycles. The average molecular weight is 454 g/mol. The molecule has 1 amide bonds. The van der Waals surface area contributed by atoms with Crippen LogP contribution in [0, 0.1) is 6.92 Å². The Morgan fingerprint density at radius 2 is 1.88 bits per heavy atom. The Kier molecular flexibility index (Phi) is 5.67. The number of furan rings is 1. The predicted octanol–water partition coefficient (Wildman–Crippen LogP) is 4.88. The summed E-state index contributed by atoms with van der Waals surface area (Å²) in [7, 11) is 3.02. The van der Waals surface area contributed by atoms with Gasteiger partial charge in [-0.3, -0.25) is 14.5 Å². The molecule has 0 spiro atoms. The van der Waals surface area contributed by atoms with Crippen LogP contribution >= 0.6 is 11.6 Å². The number of methoxy groups -OCH3 is 2. The van der Waals surface area contributed by atoms with Gasteiger partial charge in [-0.05, 0) is 61.0 Å². The molecule has 1 N–H and O–H groups in total. The summed E-state index contributed by atoms with van der Waals surface area (Å²) in [6, 6.07) is 12.1. The number of rotatable bonds is 5. The molecule has 4 rings (SSSR count). The van der Waals surface area contributed by atoms with E-state index in [-0.39, 0.29) is 16.4 Å². The summed E-state index contributed by atoms with van der Waals surface area (Å²) in [4.78, 5) is 27.5. The van der Waals surface area contributed by atoms with E-state index in [1.807, 2.05) is 0 Å². The molecule has 1 atom stereocenters. The summed E-state index contributed by atoms with van der Waals surface area (Å²) in [5, 5.41) is 11.4. The molecule has 32 heavy (non-hydrogen) atoms. The van der Waals surface area contributed by atoms with Crippen molar-refractivity contribution in [1.82, 2.24) is 0 Å². The van der Waals surface area contributed by atoms with Crippen LogP contribution in [0.2, 0.25) is 5.02 Å². The molecule has 1 aliphatic rings. The second-order valence-corrected chi connectivity index (χ2v) is 7.59. The highest BCUT2D eigenvalue weighted by Crippen LogP contribution is 2.44. The molecule has 0 aliphatic carbocycles. The molecule has 7 nitrogen and oxygen atoms in total. The zero-order valence-electron chi connectivity index (χ0n) is 17.6. The number of ketones is 1. The topological polar surface area (TPSA) is 89.2 Å². The second-order valence-electron chi connectivity index (χ2n) is 7.18. The zero-order chi connectivity index (χ0) is 23.0. The van der Waals surface area contributed by atoms with Gasteiger partial charge >= 0.3 is 0 Å². The molecule has 1 aliphatic heterocycles. The number of amides is 1. The van der Waals surface area contributed by atoms with Gasteiger partial charge in [0, 0.05) is 11.3 Å². The van der Waals surface area contributed by atoms with Crippen molar-refractivity contribution in [2.75, 3.05) is 19.1 Å². The van der Waals surface area contributed by atoms with Crippen molar-refractivity contribution >= 4 is 34.7 Å². The third-order valence-corrected chi connectivity index (χ3v) is 5.65. The second kappa shape index (κ2) is 8.43. The Balaban J connectivity index is 1.91. The van der Waals surface area contributed by atoms with E-state index in [4.69, 9.17) is 25.5 Å². The van der Waals surface area contributed by atoms with Crippen LogP contribution in [0.25, 0.3) is 5.76 Å². The van der Waals surface area contributed by atoms with Gasteiger partial charge in [0.1, 0.15) is 29.1 Å². The van der Waals surface area contributed by atoms with Gasteiger partial charge in [0.15, 0.2) is 0 Å². The van der Waals surface area contributed by atoms with Crippen LogP contribution in [-0.2, 0) is 9.59 Å². The Morgan fingerprint density at radius 3 is 2.47 bits per heavy atom. The maximum atomic E-state index is 13.1. The lowest BCUT2D eigenvalue weighted by Crippen LogP contribution is -2.29. The van der Waals surface area contributed by atoms with E-state index in [0.717, 1.165) is 0 Å². The number of aliphatic hydroxyl groups is 1. The highest BCUT2D eigenvalue weighted by Gasteiger charge is 2.48. The first-order valence-electron chi connectivity index (χ1n) is 9.70. The summed E-state index contributed by atoms with van der Waals surface area (Å²) in [5.41, 5.74) is 1.38. The number of nitrogens with zero attached hydrogens (tertiary/aromatic N) is 1. The van der Waals surface area contributed by atoms with Crippen LogP contribution in [0.15, 0.2) is 64.8 Å². The van der Waals surface area contributed by atoms with Gasteiger partial charge < -0.3 is 19.0 Å². The number of anilines is 1. The first-order valence-corrected chi connectivity index (χ1v) is 10.1. The summed E-state index contributed by atoms with van der Waals surface area (Å²) >= 11 is 6.26. The quantitative estimate of drug-likeness (QED) is 0.336. The third kappa shape index (κ3) is 3.50. The lowest BCUT2D eigenvalue weighted by atomic mass is 9.97. The molecule has 164 valence electrons. The summed E-state index contributed by atoms with van der Waals surface area (Å²) < 4.78 is 15.9. The molecule has 0 radical (unpaired) electrons. The average Bonchev–Trinajstić information content (AvgIpc) is 3.40. The van der Waals surface area contributed by atoms with E-state index in [0.29, 0.717) is 34.1 Å². The standard InChI is InChI=1S/C24H20ClNO6/c1-13-11-15(30-2)7-8-16(13)22(27)20-21(19-5-4-10-32-19)26(24(29)23(20)28)14-6-9-18(31-3)17(25)12-14/h4-12,21,27H,1-3H3/b22-20-. The number of aliphatic hydroxyl groups excluding tert-OH is 1. The van der Waals surface area contributed by atoms with Gasteiger partial charge in [0.05, 0.1) is 31.1 Å². The van der Waals surface area contributed by atoms with Crippen LogP contribution in [0.5, 0.6) is 11.5 Å². The number of aryl methyl sites for hydroxylation is 1. The molecule has 1 fully saturated rings. The van der Waals surface area contributed by atoms with E-state index < -0.39 is 17.7 Å². The highest BCUT2D eigenvalue weighted by atomic mass is 35.5. The van der Waals surface area contributed by atoms with Crippen molar-refractivity contribution in [3.05, 3.63) is 82.3 Å². The predicted molar refractivity (Wildman–Crippen MR) is 119 cm³/mol. The molecule has 2 heterocycles. The lowest BCUT2D eigenvalue weighted by molar-refractivity contribution is -0.132. The van der Waals surface area contributed by atoms with E-state index in [1.54, 1.807) is 49.4 Å². The van der Waals surface area contributed by atoms with Gasteiger partial charge in [-0.25, -0.2) is 0 Å². The van der Waals surface area contributed by atoms with Crippen molar-refractivity contribution in [3.63, 3.8) is 0 Å². The fraction of sp³-hybridized carbons (Fsp3) is 0.167. The fourth-order valence-electron chi connectivity index (χ4n) is 3.79. The SMILES string of the molecule is COc1ccc(/C(O)=C2/C(=O)C(=O)N(c3ccc(OC)c(Cl)c3)C2c2ccco2)c(C)c1. The van der Waals surface area contributed by atoms with Crippen molar-refractivity contribution < 1.29 is 28.6 Å². The molecule has 8 heteroatoms. The smallest absolute Gasteiger partial charge is 0.300 e. The Labute approximate surface area is 189 Å². The molecule has 3 aromatic rings. The van der Waals surface area contributed by atoms with Crippen LogP contribution in [0.3, 0.4) is 0 Å². The van der Waals surface area contributed by atoms with Gasteiger partial charge in [-0.1, -0.05) is 11.6 Å². The van der Waals surface area contributed by atoms with Gasteiger partial charge in [0.25, 0.3) is 11.7 Å². The molecule has 2 aromatic carbocycles. The number of hydrogen-bond acceptors (Lipinski definition) is 6. The van der Waals surface area contributed by atoms with Gasteiger partial charge in [-0.2, -0.15) is 0 Å². The first kappa shape index (κ1) is 21.5. The molecular formula is C24H20ClNO6. The lowest BCUT2D eigenvalue weighted by Gasteiger charge is -2.24. The molecule has 1 unspecified atom stereocenters. The Morgan fingerprint density at radius 1 is 1.09 bits per heavy atom. The van der Waals surface area contributed by atoms with Gasteiger partial charge in [-0.15, -0.1) is 0 Å². The summed E-state index contributed by atoms with van der Waals surface area (Å²) in [6.07, 6.45) is 1.44. The fourth-order valence-corrected chi connectivity index (χ4v) is 4.05. The number of Topliss-reactive ketones (excluding diaryl/α,β-unsaturated/α-hetero) is 1. The van der Waals surface area contributed by atoms with Gasteiger partial charge in [0.2, 0.25) is 0 Å². The monoisotopic (exact) mass is 453 g/mol. The minimum absolute atomic E-state index is 0.0786. The normalized spacial score (nSPS) is 17.6. The van der Waals surface area contributed by atoms with Crippen LogP contribution in [0.4, 0.5) is 5.69 Å². The molecule has 1 aromatic heterocycles. The van der Waals surface area contributed by atoms with E-state index in [1.165, 1.54) is 31.4 Å². The van der Waals surface area contributed by atoms with E-state index in [2.05, 4.69) is 0 Å². The number of carbonyl (C=O) groups excluding carboxylic acids is 2. The Hall–Kier alpha value is -3.71. The molecular weight excluding hydrogens is 434 g/mol. The van der Waals surface area contributed by atoms with E-state index in [9.17, 15) is 14.7 Å². The third-order valence-electron chi connectivity index (χ3n) is 5.36. The largest absolute Gasteiger partial charge is 0.507 e. The number of halogens is 1. The number of carbonyl (C=O) groups is 2. The van der Waals surface area contributed by atoms with E-state index >= 15 is 0 Å².